The van der Waals surface area contributed by atoms with E-state index in [2.05, 4.69) is 10.3 Å². The number of hydrogen-bond acceptors (Lipinski definition) is 4. The first-order valence-corrected chi connectivity index (χ1v) is 6.37. The number of methoxy groups -OCH3 is 1. The standard InChI is InChI=1S/C12H19N3O3/c1-3-10-11(12(16)17)13-14-15(10)8-5-4-6-9(7-8)18-2/h8-9H,3-7H2,1-2H3,(H,16,17). The van der Waals surface area contributed by atoms with Crippen molar-refractivity contribution in [2.45, 2.75) is 51.2 Å². The predicted molar refractivity (Wildman–Crippen MR) is 64.7 cm³/mol. The zero-order valence-electron chi connectivity index (χ0n) is 10.8. The van der Waals surface area contributed by atoms with E-state index in [1.54, 1.807) is 11.8 Å². The van der Waals surface area contributed by atoms with E-state index in [1.807, 2.05) is 6.92 Å². The average molecular weight is 253 g/mol. The molecule has 2 unspecified atom stereocenters. The van der Waals surface area contributed by atoms with Crippen LogP contribution in [-0.4, -0.2) is 39.3 Å². The molecule has 1 aliphatic carbocycles. The van der Waals surface area contributed by atoms with Crippen molar-refractivity contribution < 1.29 is 14.6 Å². The van der Waals surface area contributed by atoms with Crippen LogP contribution in [0.2, 0.25) is 0 Å². The van der Waals surface area contributed by atoms with Gasteiger partial charge < -0.3 is 9.84 Å². The molecule has 1 aromatic rings. The van der Waals surface area contributed by atoms with Gasteiger partial charge in [0.05, 0.1) is 17.8 Å². The summed E-state index contributed by atoms with van der Waals surface area (Å²) in [6.07, 6.45) is 4.90. The topological polar surface area (TPSA) is 77.2 Å². The number of aromatic carboxylic acids is 1. The summed E-state index contributed by atoms with van der Waals surface area (Å²) in [5.41, 5.74) is 0.793. The third kappa shape index (κ3) is 2.38. The Morgan fingerprint density at radius 3 is 2.94 bits per heavy atom. The van der Waals surface area contributed by atoms with Crippen molar-refractivity contribution in [3.63, 3.8) is 0 Å². The maximum atomic E-state index is 11.1. The summed E-state index contributed by atoms with van der Waals surface area (Å²) in [4.78, 5) is 11.1. The molecule has 0 amide bonds. The second kappa shape index (κ2) is 5.48. The van der Waals surface area contributed by atoms with E-state index in [-0.39, 0.29) is 17.8 Å². The van der Waals surface area contributed by atoms with Crippen LogP contribution in [0.25, 0.3) is 0 Å². The van der Waals surface area contributed by atoms with E-state index in [0.717, 1.165) is 25.7 Å². The summed E-state index contributed by atoms with van der Waals surface area (Å²) in [7, 11) is 1.72. The lowest BCUT2D eigenvalue weighted by atomic mass is 9.92. The maximum Gasteiger partial charge on any atom is 0.358 e. The Labute approximate surface area is 106 Å². The summed E-state index contributed by atoms with van der Waals surface area (Å²) in [5, 5.41) is 16.9. The number of hydrogen-bond donors (Lipinski definition) is 1. The Hall–Kier alpha value is -1.43. The maximum absolute atomic E-state index is 11.1. The van der Waals surface area contributed by atoms with Crippen molar-refractivity contribution in [2.24, 2.45) is 0 Å². The van der Waals surface area contributed by atoms with Crippen LogP contribution in [0, 0.1) is 0 Å². The fourth-order valence-electron chi connectivity index (χ4n) is 2.66. The molecule has 0 aliphatic heterocycles. The highest BCUT2D eigenvalue weighted by Gasteiger charge is 2.27. The fraction of sp³-hybridized carbons (Fsp3) is 0.750. The normalized spacial score (nSPS) is 24.1. The molecule has 2 atom stereocenters. The van der Waals surface area contributed by atoms with Crippen molar-refractivity contribution in [3.8, 4) is 0 Å². The van der Waals surface area contributed by atoms with Gasteiger partial charge in [0.1, 0.15) is 0 Å². The summed E-state index contributed by atoms with van der Waals surface area (Å²) in [6, 6.07) is 0.208. The molecule has 0 radical (unpaired) electrons. The number of carboxylic acids is 1. The molecule has 18 heavy (non-hydrogen) atoms. The minimum Gasteiger partial charge on any atom is -0.476 e. The summed E-state index contributed by atoms with van der Waals surface area (Å²) >= 11 is 0. The van der Waals surface area contributed by atoms with Crippen LogP contribution < -0.4 is 0 Å². The van der Waals surface area contributed by atoms with Gasteiger partial charge in [0.25, 0.3) is 0 Å². The number of carboxylic acid groups (broad SMARTS) is 1. The molecule has 1 fully saturated rings. The largest absolute Gasteiger partial charge is 0.476 e. The highest BCUT2D eigenvalue weighted by atomic mass is 16.5. The second-order valence-corrected chi connectivity index (χ2v) is 4.67. The van der Waals surface area contributed by atoms with Crippen LogP contribution in [0.15, 0.2) is 0 Å². The molecule has 1 aliphatic rings. The van der Waals surface area contributed by atoms with Gasteiger partial charge in [0, 0.05) is 7.11 Å². The molecule has 100 valence electrons. The Morgan fingerprint density at radius 1 is 1.56 bits per heavy atom. The molecule has 6 heteroatoms. The van der Waals surface area contributed by atoms with E-state index in [4.69, 9.17) is 9.84 Å². The van der Waals surface area contributed by atoms with Gasteiger partial charge in [-0.1, -0.05) is 12.1 Å². The molecule has 1 saturated carbocycles. The van der Waals surface area contributed by atoms with Gasteiger partial charge in [0.2, 0.25) is 0 Å². The lowest BCUT2D eigenvalue weighted by Crippen LogP contribution is -2.26. The third-order valence-electron chi connectivity index (χ3n) is 3.61. The van der Waals surface area contributed by atoms with Crippen LogP contribution in [0.1, 0.15) is 54.8 Å². The van der Waals surface area contributed by atoms with Crippen LogP contribution in [0.4, 0.5) is 0 Å². The van der Waals surface area contributed by atoms with Crippen LogP contribution in [-0.2, 0) is 11.2 Å². The van der Waals surface area contributed by atoms with Crippen molar-refractivity contribution in [1.29, 1.82) is 0 Å². The van der Waals surface area contributed by atoms with Gasteiger partial charge in [-0.2, -0.15) is 0 Å². The summed E-state index contributed by atoms with van der Waals surface area (Å²) in [6.45, 7) is 1.93. The van der Waals surface area contributed by atoms with Crippen LogP contribution in [0.5, 0.6) is 0 Å². The lowest BCUT2D eigenvalue weighted by molar-refractivity contribution is 0.0499. The smallest absolute Gasteiger partial charge is 0.358 e. The molecule has 0 spiro atoms. The molecule has 0 aromatic carbocycles. The van der Waals surface area contributed by atoms with Gasteiger partial charge in [0.15, 0.2) is 5.69 Å². The minimum atomic E-state index is -1.00. The number of carbonyl (C=O) groups is 1. The average Bonchev–Trinajstić information content (AvgIpc) is 2.82. The highest BCUT2D eigenvalue weighted by Crippen LogP contribution is 2.30. The third-order valence-corrected chi connectivity index (χ3v) is 3.61. The number of ether oxygens (including phenoxy) is 1. The van der Waals surface area contributed by atoms with Crippen molar-refractivity contribution in [3.05, 3.63) is 11.4 Å². The Balaban J connectivity index is 2.24. The predicted octanol–water partition coefficient (Wildman–Crippen LogP) is 1.67. The van der Waals surface area contributed by atoms with Gasteiger partial charge in [-0.15, -0.1) is 5.10 Å². The van der Waals surface area contributed by atoms with E-state index in [1.165, 1.54) is 0 Å². The van der Waals surface area contributed by atoms with Gasteiger partial charge in [-0.05, 0) is 32.1 Å². The fourth-order valence-corrected chi connectivity index (χ4v) is 2.66. The summed E-state index contributed by atoms with van der Waals surface area (Å²) in [5.74, 6) is -1.00. The Morgan fingerprint density at radius 2 is 2.33 bits per heavy atom. The number of aromatic nitrogens is 3. The number of nitrogens with zero attached hydrogens (tertiary/aromatic N) is 3. The lowest BCUT2D eigenvalue weighted by Gasteiger charge is -2.28. The monoisotopic (exact) mass is 253 g/mol. The quantitative estimate of drug-likeness (QED) is 0.883. The molecule has 1 N–H and O–H groups in total. The zero-order chi connectivity index (χ0) is 13.1. The van der Waals surface area contributed by atoms with Crippen LogP contribution in [0.3, 0.4) is 0 Å². The molecule has 0 saturated heterocycles. The van der Waals surface area contributed by atoms with E-state index < -0.39 is 5.97 Å². The zero-order valence-corrected chi connectivity index (χ0v) is 10.8. The SMILES string of the molecule is CCc1c(C(=O)O)nnn1C1CCCC(OC)C1. The first kappa shape index (κ1) is 13.0. The molecule has 6 nitrogen and oxygen atoms in total. The van der Waals surface area contributed by atoms with Crippen molar-refractivity contribution in [2.75, 3.05) is 7.11 Å². The Bertz CT molecular complexity index is 430. The van der Waals surface area contributed by atoms with Crippen molar-refractivity contribution >= 4 is 5.97 Å². The Kier molecular flexibility index (Phi) is 3.96. The van der Waals surface area contributed by atoms with Crippen LogP contribution >= 0.6 is 0 Å². The summed E-state index contributed by atoms with van der Waals surface area (Å²) < 4.78 is 7.18. The van der Waals surface area contributed by atoms with E-state index in [9.17, 15) is 4.79 Å². The van der Waals surface area contributed by atoms with Gasteiger partial charge in [-0.3, -0.25) is 0 Å². The molecule has 1 aromatic heterocycles. The molecular formula is C12H19N3O3. The minimum absolute atomic E-state index is 0.0806. The first-order valence-electron chi connectivity index (χ1n) is 6.37. The van der Waals surface area contributed by atoms with Gasteiger partial charge in [-0.25, -0.2) is 9.48 Å². The first-order chi connectivity index (χ1) is 8.67. The second-order valence-electron chi connectivity index (χ2n) is 4.67. The van der Waals surface area contributed by atoms with E-state index >= 15 is 0 Å². The van der Waals surface area contributed by atoms with Crippen molar-refractivity contribution in [1.82, 2.24) is 15.0 Å². The van der Waals surface area contributed by atoms with Gasteiger partial charge >= 0.3 is 5.97 Å². The van der Waals surface area contributed by atoms with E-state index in [0.29, 0.717) is 12.1 Å². The highest BCUT2D eigenvalue weighted by molar-refractivity contribution is 5.86. The molecule has 1 heterocycles. The molecule has 0 bridgehead atoms. The number of rotatable bonds is 4. The molecular weight excluding hydrogens is 234 g/mol. The molecule has 2 rings (SSSR count).